The summed E-state index contributed by atoms with van der Waals surface area (Å²) in [4.78, 5) is 30.1. The molecule has 0 bridgehead atoms. The second-order valence-corrected chi connectivity index (χ2v) is 6.46. The topological polar surface area (TPSA) is 68.7 Å². The SMILES string of the molecule is CCOc1ccc(-c2nc(C(=O)N(CC(=O)OC)C(C)C)cs2)cc1. The minimum absolute atomic E-state index is 0.0943. The molecule has 0 saturated heterocycles. The number of carbonyl (C=O) groups is 2. The Hall–Kier alpha value is -2.41. The van der Waals surface area contributed by atoms with Crippen LogP contribution in [-0.4, -0.2) is 48.1 Å². The molecule has 0 atom stereocenters. The van der Waals surface area contributed by atoms with Crippen molar-refractivity contribution in [2.75, 3.05) is 20.3 Å². The molecule has 0 aliphatic heterocycles. The molecule has 0 aliphatic carbocycles. The zero-order valence-electron chi connectivity index (χ0n) is 14.8. The molecule has 1 aromatic heterocycles. The van der Waals surface area contributed by atoms with Crippen LogP contribution in [0.3, 0.4) is 0 Å². The number of methoxy groups -OCH3 is 1. The molecule has 1 amide bonds. The maximum atomic E-state index is 12.7. The monoisotopic (exact) mass is 362 g/mol. The minimum atomic E-state index is -0.455. The smallest absolute Gasteiger partial charge is 0.325 e. The first-order valence-corrected chi connectivity index (χ1v) is 8.90. The van der Waals surface area contributed by atoms with Crippen LogP contribution in [0.25, 0.3) is 10.6 Å². The molecule has 2 aromatic rings. The third-order valence-electron chi connectivity index (χ3n) is 3.55. The van der Waals surface area contributed by atoms with Gasteiger partial charge in [0.1, 0.15) is 23.0 Å². The highest BCUT2D eigenvalue weighted by molar-refractivity contribution is 7.13. The van der Waals surface area contributed by atoms with Crippen molar-refractivity contribution in [3.05, 3.63) is 35.3 Å². The third-order valence-corrected chi connectivity index (χ3v) is 4.44. The van der Waals surface area contributed by atoms with E-state index in [0.717, 1.165) is 16.3 Å². The summed E-state index contributed by atoms with van der Waals surface area (Å²) < 4.78 is 10.1. The number of amides is 1. The highest BCUT2D eigenvalue weighted by Crippen LogP contribution is 2.26. The number of hydrogen-bond acceptors (Lipinski definition) is 6. The molecule has 0 saturated carbocycles. The van der Waals surface area contributed by atoms with E-state index in [-0.39, 0.29) is 18.5 Å². The zero-order chi connectivity index (χ0) is 18.4. The molecule has 7 heteroatoms. The fourth-order valence-corrected chi connectivity index (χ4v) is 3.00. The van der Waals surface area contributed by atoms with Gasteiger partial charge in [0.25, 0.3) is 5.91 Å². The average Bonchev–Trinajstić information content (AvgIpc) is 3.09. The van der Waals surface area contributed by atoms with E-state index in [0.29, 0.717) is 12.3 Å². The first-order chi connectivity index (χ1) is 12.0. The molecular formula is C18H22N2O4S. The molecule has 6 nitrogen and oxygen atoms in total. The molecule has 0 aliphatic rings. The van der Waals surface area contributed by atoms with Crippen LogP contribution in [0.4, 0.5) is 0 Å². The lowest BCUT2D eigenvalue weighted by atomic mass is 10.2. The Kier molecular flexibility index (Phi) is 6.52. The second-order valence-electron chi connectivity index (χ2n) is 5.60. The maximum Gasteiger partial charge on any atom is 0.325 e. The van der Waals surface area contributed by atoms with E-state index in [1.165, 1.54) is 23.3 Å². The molecule has 0 fully saturated rings. The van der Waals surface area contributed by atoms with Crippen LogP contribution in [0.2, 0.25) is 0 Å². The summed E-state index contributed by atoms with van der Waals surface area (Å²) in [5.41, 5.74) is 1.24. The lowest BCUT2D eigenvalue weighted by Crippen LogP contribution is -2.41. The fourth-order valence-electron chi connectivity index (χ4n) is 2.20. The van der Waals surface area contributed by atoms with E-state index < -0.39 is 5.97 Å². The Morgan fingerprint density at radius 2 is 1.92 bits per heavy atom. The Morgan fingerprint density at radius 3 is 2.48 bits per heavy atom. The molecule has 1 heterocycles. The van der Waals surface area contributed by atoms with Gasteiger partial charge in [0.15, 0.2) is 0 Å². The standard InChI is InChI=1S/C18H22N2O4S/c1-5-24-14-8-6-13(7-9-14)17-19-15(11-25-17)18(22)20(12(2)3)10-16(21)23-4/h6-9,11-12H,5,10H2,1-4H3. The molecule has 134 valence electrons. The number of thiazole rings is 1. The van der Waals surface area contributed by atoms with Crippen LogP contribution in [0.1, 0.15) is 31.3 Å². The average molecular weight is 362 g/mol. The number of ether oxygens (including phenoxy) is 2. The highest BCUT2D eigenvalue weighted by Gasteiger charge is 2.24. The van der Waals surface area contributed by atoms with Crippen LogP contribution in [-0.2, 0) is 9.53 Å². The summed E-state index contributed by atoms with van der Waals surface area (Å²) in [7, 11) is 1.30. The van der Waals surface area contributed by atoms with Crippen molar-refractivity contribution < 1.29 is 19.1 Å². The van der Waals surface area contributed by atoms with Crippen LogP contribution in [0.15, 0.2) is 29.6 Å². The fraction of sp³-hybridized carbons (Fsp3) is 0.389. The summed E-state index contributed by atoms with van der Waals surface area (Å²) in [6, 6.07) is 7.43. The summed E-state index contributed by atoms with van der Waals surface area (Å²) in [5.74, 6) is 0.0565. The van der Waals surface area contributed by atoms with Crippen LogP contribution >= 0.6 is 11.3 Å². The first kappa shape index (κ1) is 18.9. The van der Waals surface area contributed by atoms with E-state index >= 15 is 0 Å². The van der Waals surface area contributed by atoms with Gasteiger partial charge in [-0.2, -0.15) is 0 Å². The number of aromatic nitrogens is 1. The number of hydrogen-bond donors (Lipinski definition) is 0. The molecule has 0 radical (unpaired) electrons. The van der Waals surface area contributed by atoms with Gasteiger partial charge in [0.05, 0.1) is 13.7 Å². The van der Waals surface area contributed by atoms with Gasteiger partial charge in [-0.05, 0) is 45.0 Å². The Balaban J connectivity index is 2.18. The normalized spacial score (nSPS) is 10.6. The first-order valence-electron chi connectivity index (χ1n) is 8.02. The van der Waals surface area contributed by atoms with Gasteiger partial charge in [-0.25, -0.2) is 4.98 Å². The van der Waals surface area contributed by atoms with E-state index in [1.54, 1.807) is 5.38 Å². The Morgan fingerprint density at radius 1 is 1.24 bits per heavy atom. The van der Waals surface area contributed by atoms with Crippen LogP contribution in [0, 0.1) is 0 Å². The minimum Gasteiger partial charge on any atom is -0.494 e. The van der Waals surface area contributed by atoms with E-state index in [4.69, 9.17) is 4.74 Å². The van der Waals surface area contributed by atoms with Crippen molar-refractivity contribution in [3.8, 4) is 16.3 Å². The van der Waals surface area contributed by atoms with Crippen molar-refractivity contribution in [1.82, 2.24) is 9.88 Å². The van der Waals surface area contributed by atoms with Gasteiger partial charge in [-0.1, -0.05) is 0 Å². The molecule has 1 aromatic carbocycles. The van der Waals surface area contributed by atoms with Crippen molar-refractivity contribution >= 4 is 23.2 Å². The van der Waals surface area contributed by atoms with Crippen LogP contribution < -0.4 is 4.74 Å². The Bertz CT molecular complexity index is 725. The van der Waals surface area contributed by atoms with Crippen molar-refractivity contribution in [3.63, 3.8) is 0 Å². The van der Waals surface area contributed by atoms with Crippen molar-refractivity contribution in [2.45, 2.75) is 26.8 Å². The predicted molar refractivity (Wildman–Crippen MR) is 96.9 cm³/mol. The highest BCUT2D eigenvalue weighted by atomic mass is 32.1. The predicted octanol–water partition coefficient (Wildman–Crippen LogP) is 3.23. The summed E-state index contributed by atoms with van der Waals surface area (Å²) in [6.45, 7) is 6.14. The maximum absolute atomic E-state index is 12.7. The molecule has 25 heavy (non-hydrogen) atoms. The van der Waals surface area contributed by atoms with E-state index in [9.17, 15) is 9.59 Å². The summed E-state index contributed by atoms with van der Waals surface area (Å²) in [6.07, 6.45) is 0. The van der Waals surface area contributed by atoms with Gasteiger partial charge < -0.3 is 14.4 Å². The van der Waals surface area contributed by atoms with Crippen molar-refractivity contribution in [2.24, 2.45) is 0 Å². The number of rotatable bonds is 7. The number of esters is 1. The van der Waals surface area contributed by atoms with Crippen molar-refractivity contribution in [1.29, 1.82) is 0 Å². The van der Waals surface area contributed by atoms with Gasteiger partial charge in [-0.15, -0.1) is 11.3 Å². The van der Waals surface area contributed by atoms with Gasteiger partial charge in [0, 0.05) is 17.0 Å². The largest absolute Gasteiger partial charge is 0.494 e. The summed E-state index contributed by atoms with van der Waals surface area (Å²) in [5, 5.41) is 2.45. The molecule has 0 N–H and O–H groups in total. The summed E-state index contributed by atoms with van der Waals surface area (Å²) >= 11 is 1.39. The molecule has 0 spiro atoms. The number of carbonyl (C=O) groups excluding carboxylic acids is 2. The number of benzene rings is 1. The lowest BCUT2D eigenvalue weighted by molar-refractivity contribution is -0.141. The van der Waals surface area contributed by atoms with Gasteiger partial charge in [-0.3, -0.25) is 9.59 Å². The lowest BCUT2D eigenvalue weighted by Gasteiger charge is -2.24. The number of nitrogens with zero attached hydrogens (tertiary/aromatic N) is 2. The van der Waals surface area contributed by atoms with E-state index in [2.05, 4.69) is 9.72 Å². The third kappa shape index (κ3) is 4.79. The molecule has 0 unspecified atom stereocenters. The molecular weight excluding hydrogens is 340 g/mol. The molecule has 2 rings (SSSR count). The van der Waals surface area contributed by atoms with Gasteiger partial charge in [0.2, 0.25) is 0 Å². The Labute approximate surface area is 151 Å². The van der Waals surface area contributed by atoms with Gasteiger partial charge >= 0.3 is 5.97 Å². The zero-order valence-corrected chi connectivity index (χ0v) is 15.6. The van der Waals surface area contributed by atoms with Crippen LogP contribution in [0.5, 0.6) is 5.75 Å². The quantitative estimate of drug-likeness (QED) is 0.707. The second kappa shape index (κ2) is 8.62. The van der Waals surface area contributed by atoms with E-state index in [1.807, 2.05) is 45.0 Å².